The first kappa shape index (κ1) is 11.7. The number of hydrogen-bond acceptors (Lipinski definition) is 3. The van der Waals surface area contributed by atoms with Gasteiger partial charge >= 0.3 is 0 Å². The second-order valence-electron chi connectivity index (χ2n) is 4.07. The van der Waals surface area contributed by atoms with Gasteiger partial charge in [-0.05, 0) is 12.0 Å². The average Bonchev–Trinajstić information content (AvgIpc) is 2.49. The van der Waals surface area contributed by atoms with Gasteiger partial charge in [-0.15, -0.1) is 11.8 Å². The summed E-state index contributed by atoms with van der Waals surface area (Å²) >= 11 is 1.51. The Kier molecular flexibility index (Phi) is 3.08. The molecule has 5 heteroatoms. The van der Waals surface area contributed by atoms with Crippen molar-refractivity contribution in [2.24, 2.45) is 10.3 Å². The fraction of sp³-hybridized carbons (Fsp3) is 0.364. The van der Waals surface area contributed by atoms with Crippen molar-refractivity contribution in [3.8, 4) is 0 Å². The van der Waals surface area contributed by atoms with Gasteiger partial charge in [-0.1, -0.05) is 32.0 Å². The van der Waals surface area contributed by atoms with Crippen LogP contribution in [0.5, 0.6) is 0 Å². The van der Waals surface area contributed by atoms with Crippen LogP contribution in [0.1, 0.15) is 19.4 Å². The number of fused-ring (bicyclic) bond motifs is 1. The van der Waals surface area contributed by atoms with Crippen LogP contribution in [0.4, 0.5) is 0 Å². The first-order valence-corrected chi connectivity index (χ1v) is 7.50. The summed E-state index contributed by atoms with van der Waals surface area (Å²) in [6.07, 6.45) is 0. The highest BCUT2D eigenvalue weighted by atomic mass is 32.2. The van der Waals surface area contributed by atoms with Crippen LogP contribution >= 0.6 is 11.8 Å². The van der Waals surface area contributed by atoms with Crippen molar-refractivity contribution in [2.75, 3.05) is 5.75 Å². The number of hydrogen-bond donors (Lipinski definition) is 0. The van der Waals surface area contributed by atoms with E-state index in [9.17, 15) is 8.42 Å². The summed E-state index contributed by atoms with van der Waals surface area (Å²) in [5.41, 5.74) is 0.744. The smallest absolute Gasteiger partial charge is 0.199 e. The maximum atomic E-state index is 11.7. The van der Waals surface area contributed by atoms with E-state index in [2.05, 4.69) is 18.2 Å². The third-order valence-electron chi connectivity index (χ3n) is 2.15. The summed E-state index contributed by atoms with van der Waals surface area (Å²) in [7, 11) is -3.44. The van der Waals surface area contributed by atoms with Gasteiger partial charge in [0.15, 0.2) is 0 Å². The molecule has 0 fully saturated rings. The van der Waals surface area contributed by atoms with Crippen molar-refractivity contribution in [1.82, 2.24) is 0 Å². The predicted molar refractivity (Wildman–Crippen MR) is 67.5 cm³/mol. The summed E-state index contributed by atoms with van der Waals surface area (Å²) in [6, 6.07) is 6.98. The number of benzene rings is 1. The van der Waals surface area contributed by atoms with Crippen molar-refractivity contribution in [3.63, 3.8) is 0 Å². The molecule has 0 amide bonds. The molecule has 0 saturated carbocycles. The first-order chi connectivity index (χ1) is 7.50. The van der Waals surface area contributed by atoms with Gasteiger partial charge in [0, 0.05) is 11.3 Å². The first-order valence-electron chi connectivity index (χ1n) is 5.08. The van der Waals surface area contributed by atoms with E-state index in [1.165, 1.54) is 11.8 Å². The molecular formula is C11H13NO2S2. The number of thioether (sulfide) groups is 1. The van der Waals surface area contributed by atoms with Gasteiger partial charge in [0.25, 0.3) is 10.0 Å². The van der Waals surface area contributed by atoms with Crippen molar-refractivity contribution >= 4 is 26.8 Å². The Morgan fingerprint density at radius 1 is 1.31 bits per heavy atom. The number of nitrogens with zero attached hydrogens (tertiary/aromatic N) is 1. The van der Waals surface area contributed by atoms with E-state index in [-0.39, 0.29) is 0 Å². The molecule has 0 atom stereocenters. The van der Waals surface area contributed by atoms with Crippen molar-refractivity contribution < 1.29 is 8.42 Å². The molecule has 86 valence electrons. The van der Waals surface area contributed by atoms with Gasteiger partial charge in [0.05, 0.1) is 4.90 Å². The third kappa shape index (κ3) is 2.15. The summed E-state index contributed by atoms with van der Waals surface area (Å²) in [6.45, 7) is 4.20. The zero-order chi connectivity index (χ0) is 11.8. The monoisotopic (exact) mass is 255 g/mol. The highest BCUT2D eigenvalue weighted by Gasteiger charge is 2.28. The van der Waals surface area contributed by atoms with Gasteiger partial charge in [-0.3, -0.25) is 0 Å². The van der Waals surface area contributed by atoms with Crippen LogP contribution in [-0.2, 0) is 10.0 Å². The molecule has 1 heterocycles. The van der Waals surface area contributed by atoms with Crippen LogP contribution in [0.2, 0.25) is 0 Å². The van der Waals surface area contributed by atoms with Crippen molar-refractivity contribution in [2.45, 2.75) is 18.7 Å². The van der Waals surface area contributed by atoms with Crippen molar-refractivity contribution in [1.29, 1.82) is 0 Å². The minimum absolute atomic E-state index is 0.334. The maximum Gasteiger partial charge on any atom is 0.284 e. The Hall–Kier alpha value is -0.810. The minimum atomic E-state index is -3.44. The molecule has 1 aliphatic rings. The quantitative estimate of drug-likeness (QED) is 0.815. The lowest BCUT2D eigenvalue weighted by Gasteiger charge is -2.03. The molecule has 0 aliphatic carbocycles. The summed E-state index contributed by atoms with van der Waals surface area (Å²) in [5.74, 6) is 1.39. The molecule has 1 aromatic rings. The van der Waals surface area contributed by atoms with Gasteiger partial charge in [0.1, 0.15) is 5.04 Å². The summed E-state index contributed by atoms with van der Waals surface area (Å²) < 4.78 is 27.2. The number of rotatable bonds is 2. The van der Waals surface area contributed by atoms with E-state index in [1.807, 2.05) is 12.1 Å². The topological polar surface area (TPSA) is 46.5 Å². The van der Waals surface area contributed by atoms with Gasteiger partial charge in [-0.25, -0.2) is 0 Å². The second-order valence-corrected chi connectivity index (χ2v) is 6.65. The van der Waals surface area contributed by atoms with Crippen LogP contribution in [-0.4, -0.2) is 19.2 Å². The fourth-order valence-electron chi connectivity index (χ4n) is 1.43. The molecule has 0 N–H and O–H groups in total. The minimum Gasteiger partial charge on any atom is -0.199 e. The lowest BCUT2D eigenvalue weighted by atomic mass is 10.2. The van der Waals surface area contributed by atoms with Crippen LogP contribution in [0.3, 0.4) is 0 Å². The van der Waals surface area contributed by atoms with E-state index in [1.54, 1.807) is 12.1 Å². The normalized spacial score (nSPS) is 17.3. The van der Waals surface area contributed by atoms with Crippen LogP contribution in [0, 0.1) is 5.92 Å². The van der Waals surface area contributed by atoms with Crippen LogP contribution in [0.25, 0.3) is 0 Å². The summed E-state index contributed by atoms with van der Waals surface area (Å²) in [5, 5.41) is 0.629. The van der Waals surface area contributed by atoms with Crippen LogP contribution in [0.15, 0.2) is 33.6 Å². The highest BCUT2D eigenvalue weighted by Crippen LogP contribution is 2.31. The third-order valence-corrected chi connectivity index (χ3v) is 5.02. The molecule has 3 nitrogen and oxygen atoms in total. The molecule has 0 aromatic heterocycles. The molecule has 0 spiro atoms. The van der Waals surface area contributed by atoms with Gasteiger partial charge < -0.3 is 0 Å². The van der Waals surface area contributed by atoms with Gasteiger partial charge in [0.2, 0.25) is 0 Å². The molecule has 0 radical (unpaired) electrons. The Morgan fingerprint density at radius 2 is 2.00 bits per heavy atom. The van der Waals surface area contributed by atoms with Gasteiger partial charge in [-0.2, -0.15) is 12.8 Å². The highest BCUT2D eigenvalue weighted by molar-refractivity contribution is 8.15. The lowest BCUT2D eigenvalue weighted by molar-refractivity contribution is 0.599. The molecule has 0 bridgehead atoms. The molecule has 16 heavy (non-hydrogen) atoms. The Bertz CT molecular complexity index is 533. The molecule has 1 aliphatic heterocycles. The SMILES string of the molecule is CC(C)CSC1=NS(=O)(=O)c2ccccc21. The van der Waals surface area contributed by atoms with Crippen molar-refractivity contribution in [3.05, 3.63) is 29.8 Å². The molecular weight excluding hydrogens is 242 g/mol. The summed E-state index contributed by atoms with van der Waals surface area (Å²) in [4.78, 5) is 0.334. The van der Waals surface area contributed by atoms with E-state index in [0.29, 0.717) is 15.9 Å². The zero-order valence-electron chi connectivity index (χ0n) is 9.17. The molecule has 1 aromatic carbocycles. The van der Waals surface area contributed by atoms with E-state index in [4.69, 9.17) is 0 Å². The Balaban J connectivity index is 2.36. The van der Waals surface area contributed by atoms with E-state index in [0.717, 1.165) is 11.3 Å². The average molecular weight is 255 g/mol. The zero-order valence-corrected chi connectivity index (χ0v) is 10.8. The standard InChI is InChI=1S/C11H13NO2S2/c1-8(2)7-15-11-9-5-3-4-6-10(9)16(13,14)12-11/h3-6,8H,7H2,1-2H3. The second kappa shape index (κ2) is 4.22. The molecule has 0 saturated heterocycles. The lowest BCUT2D eigenvalue weighted by Crippen LogP contribution is -1.98. The Labute approximate surface area is 100 Å². The molecule has 0 unspecified atom stereocenters. The number of sulfonamides is 1. The molecule has 2 rings (SSSR count). The van der Waals surface area contributed by atoms with E-state index >= 15 is 0 Å². The Morgan fingerprint density at radius 3 is 2.69 bits per heavy atom. The fourth-order valence-corrected chi connectivity index (χ4v) is 3.93. The van der Waals surface area contributed by atoms with Crippen LogP contribution < -0.4 is 0 Å². The largest absolute Gasteiger partial charge is 0.284 e. The predicted octanol–water partition coefficient (Wildman–Crippen LogP) is 2.52. The van der Waals surface area contributed by atoms with E-state index < -0.39 is 10.0 Å². The maximum absolute atomic E-state index is 11.7.